The first-order valence-corrected chi connectivity index (χ1v) is 7.54. The molecular weight excluding hydrogens is 242 g/mol. The Morgan fingerprint density at radius 3 is 1.63 bits per heavy atom. The molecule has 0 atom stereocenters. The molecule has 0 unspecified atom stereocenters. The van der Waals surface area contributed by atoms with Crippen molar-refractivity contribution in [1.29, 1.82) is 0 Å². The molecule has 0 amide bonds. The highest BCUT2D eigenvalue weighted by atomic mass is 17.1. The summed E-state index contributed by atoms with van der Waals surface area (Å²) < 4.78 is 0.594. The number of nitrogens with zero attached hydrogens (tertiary/aromatic N) is 3. The van der Waals surface area contributed by atoms with Crippen LogP contribution in [0.15, 0.2) is 12.8 Å². The smallest absolute Gasteiger partial charge is 0.148 e. The average Bonchev–Trinajstić information content (AvgIpc) is 2.49. The van der Waals surface area contributed by atoms with Gasteiger partial charge in [0.1, 0.15) is 32.7 Å². The molecule has 5 heteroatoms. The third-order valence-electron chi connectivity index (χ3n) is 3.78. The van der Waals surface area contributed by atoms with Crippen molar-refractivity contribution in [1.82, 2.24) is 5.06 Å². The van der Waals surface area contributed by atoms with E-state index >= 15 is 0 Å². The van der Waals surface area contributed by atoms with Gasteiger partial charge in [-0.3, -0.25) is 0 Å². The maximum Gasteiger partial charge on any atom is 0.148 e. The lowest BCUT2D eigenvalue weighted by atomic mass is 10.5. The van der Waals surface area contributed by atoms with Crippen molar-refractivity contribution in [2.45, 2.75) is 41.5 Å². The van der Waals surface area contributed by atoms with Gasteiger partial charge in [-0.05, 0) is 46.5 Å². The highest BCUT2D eigenvalue weighted by Crippen LogP contribution is 2.20. The number of hydrogen-bond donors (Lipinski definition) is 0. The van der Waals surface area contributed by atoms with Crippen molar-refractivity contribution in [2.24, 2.45) is 0 Å². The molecule has 0 aliphatic rings. The first-order chi connectivity index (χ1) is 9.00. The Labute approximate surface area is 119 Å². The zero-order valence-corrected chi connectivity index (χ0v) is 13.7. The maximum absolute atomic E-state index is 6.37. The molecule has 0 saturated heterocycles. The molecule has 0 fully saturated rings. The van der Waals surface area contributed by atoms with Crippen LogP contribution in [0.2, 0.25) is 0 Å². The lowest BCUT2D eigenvalue weighted by Crippen LogP contribution is -2.61. The fraction of sp³-hybridized carbons (Fsp3) is 0.857. The van der Waals surface area contributed by atoms with Crippen LogP contribution in [0.3, 0.4) is 0 Å². The van der Waals surface area contributed by atoms with Crippen molar-refractivity contribution in [3.63, 3.8) is 0 Å². The molecular formula is C14H33N3O2+2. The van der Waals surface area contributed by atoms with Gasteiger partial charge in [-0.15, -0.1) is 4.65 Å². The maximum atomic E-state index is 6.37. The molecule has 0 bridgehead atoms. The van der Waals surface area contributed by atoms with Gasteiger partial charge in [-0.1, -0.05) is 6.58 Å². The summed E-state index contributed by atoms with van der Waals surface area (Å²) in [6.45, 7) is 21.4. The molecule has 0 aromatic rings. The van der Waals surface area contributed by atoms with Gasteiger partial charge >= 0.3 is 0 Å². The third kappa shape index (κ3) is 4.76. The number of hydrogen-bond acceptors (Lipinski definition) is 3. The van der Waals surface area contributed by atoms with Crippen molar-refractivity contribution in [3.8, 4) is 0 Å². The molecule has 0 radical (unpaired) electrons. The fourth-order valence-electron chi connectivity index (χ4n) is 2.04. The van der Waals surface area contributed by atoms with Gasteiger partial charge in [0.2, 0.25) is 0 Å². The lowest BCUT2D eigenvalue weighted by Gasteiger charge is -2.39. The molecule has 0 aromatic carbocycles. The molecule has 0 spiro atoms. The second kappa shape index (κ2) is 8.53. The minimum Gasteiger partial charge on any atom is -0.206 e. The largest absolute Gasteiger partial charge is 0.206 e. The minimum atomic E-state index is 0.162. The summed E-state index contributed by atoms with van der Waals surface area (Å²) in [5.41, 5.74) is 0. The molecule has 0 aromatic heterocycles. The van der Waals surface area contributed by atoms with Crippen LogP contribution in [-0.2, 0) is 9.88 Å². The van der Waals surface area contributed by atoms with E-state index in [0.29, 0.717) is 4.65 Å². The van der Waals surface area contributed by atoms with E-state index in [2.05, 4.69) is 41.2 Å². The Hall–Kier alpha value is -0.620. The van der Waals surface area contributed by atoms with E-state index < -0.39 is 0 Å². The summed E-state index contributed by atoms with van der Waals surface area (Å²) in [4.78, 5) is 12.5. The second-order valence-corrected chi connectivity index (χ2v) is 4.53. The second-order valence-electron chi connectivity index (χ2n) is 4.53. The van der Waals surface area contributed by atoms with Crippen molar-refractivity contribution in [3.05, 3.63) is 12.8 Å². The van der Waals surface area contributed by atoms with E-state index in [1.165, 1.54) is 0 Å². The SMILES string of the molecule is C=CN(CC)O[N+](CC)(CC)O[N+](CC)(CC)CC. The van der Waals surface area contributed by atoms with Crippen LogP contribution < -0.4 is 0 Å². The van der Waals surface area contributed by atoms with Crippen LogP contribution in [0.25, 0.3) is 0 Å². The van der Waals surface area contributed by atoms with Crippen LogP contribution in [0.4, 0.5) is 0 Å². The first-order valence-electron chi connectivity index (χ1n) is 7.54. The van der Waals surface area contributed by atoms with E-state index in [4.69, 9.17) is 9.88 Å². The molecule has 0 heterocycles. The summed E-state index contributed by atoms with van der Waals surface area (Å²) >= 11 is 0. The van der Waals surface area contributed by atoms with Crippen LogP contribution in [0.1, 0.15) is 41.5 Å². The van der Waals surface area contributed by atoms with Gasteiger partial charge in [0.15, 0.2) is 0 Å². The number of rotatable bonds is 11. The molecule has 0 saturated carbocycles. The first kappa shape index (κ1) is 18.4. The van der Waals surface area contributed by atoms with Crippen LogP contribution in [0, 0.1) is 0 Å². The molecule has 0 N–H and O–H groups in total. The van der Waals surface area contributed by atoms with Gasteiger partial charge in [0.25, 0.3) is 0 Å². The highest BCUT2D eigenvalue weighted by molar-refractivity contribution is 4.58. The quantitative estimate of drug-likeness (QED) is 0.427. The van der Waals surface area contributed by atoms with Gasteiger partial charge in [-0.2, -0.15) is 0 Å². The molecule has 5 nitrogen and oxygen atoms in total. The molecule has 0 aliphatic carbocycles. The molecule has 0 rings (SSSR count). The summed E-state index contributed by atoms with van der Waals surface area (Å²) in [6.07, 6.45) is 1.69. The highest BCUT2D eigenvalue weighted by Gasteiger charge is 2.42. The monoisotopic (exact) mass is 275 g/mol. The van der Waals surface area contributed by atoms with Crippen LogP contribution in [-0.4, -0.2) is 53.8 Å². The Morgan fingerprint density at radius 1 is 0.895 bits per heavy atom. The number of quaternary nitrogens is 2. The molecule has 0 aliphatic heterocycles. The normalized spacial score (nSPS) is 12.5. The Kier molecular flexibility index (Phi) is 8.25. The zero-order valence-electron chi connectivity index (χ0n) is 13.7. The summed E-state index contributed by atoms with van der Waals surface area (Å²) in [7, 11) is 0. The Morgan fingerprint density at radius 2 is 1.37 bits per heavy atom. The number of hydroxylamine groups is 9. The van der Waals surface area contributed by atoms with Gasteiger partial charge in [0, 0.05) is 22.5 Å². The summed E-state index contributed by atoms with van der Waals surface area (Å²) in [5, 5.41) is 1.72. The predicted molar refractivity (Wildman–Crippen MR) is 78.0 cm³/mol. The van der Waals surface area contributed by atoms with E-state index in [1.807, 2.05) is 6.92 Å². The van der Waals surface area contributed by atoms with E-state index in [0.717, 1.165) is 39.3 Å². The molecule has 19 heavy (non-hydrogen) atoms. The minimum absolute atomic E-state index is 0.162. The third-order valence-corrected chi connectivity index (χ3v) is 3.78. The lowest BCUT2D eigenvalue weighted by molar-refractivity contribution is -1.42. The standard InChI is InChI=1S/C14H33N3O2/c1-8-15(9-2)18-17(13-6,14-7)19-16(10-3,11-4)12-5/h8H,1,9-14H2,2-7H3/q+2. The van der Waals surface area contributed by atoms with Gasteiger partial charge in [-0.25, -0.2) is 5.06 Å². The average molecular weight is 275 g/mol. The summed E-state index contributed by atoms with van der Waals surface area (Å²) in [6, 6.07) is 0. The molecule has 114 valence electrons. The van der Waals surface area contributed by atoms with E-state index in [1.54, 1.807) is 11.3 Å². The fourth-order valence-corrected chi connectivity index (χ4v) is 2.04. The van der Waals surface area contributed by atoms with Gasteiger partial charge in [0.05, 0.1) is 0 Å². The van der Waals surface area contributed by atoms with Crippen molar-refractivity contribution in [2.75, 3.05) is 39.3 Å². The van der Waals surface area contributed by atoms with Crippen LogP contribution >= 0.6 is 0 Å². The predicted octanol–water partition coefficient (Wildman–Crippen LogP) is 2.88. The summed E-state index contributed by atoms with van der Waals surface area (Å²) in [5.74, 6) is 0. The zero-order chi connectivity index (χ0) is 14.9. The topological polar surface area (TPSA) is 21.7 Å². The Balaban J connectivity index is 5.11. The van der Waals surface area contributed by atoms with Gasteiger partial charge < -0.3 is 0 Å². The van der Waals surface area contributed by atoms with Crippen LogP contribution in [0.5, 0.6) is 0 Å². The van der Waals surface area contributed by atoms with Crippen molar-refractivity contribution < 1.29 is 19.3 Å². The Bertz CT molecular complexity index is 243. The van der Waals surface area contributed by atoms with E-state index in [9.17, 15) is 0 Å². The van der Waals surface area contributed by atoms with E-state index in [-0.39, 0.29) is 4.81 Å². The van der Waals surface area contributed by atoms with Crippen molar-refractivity contribution >= 4 is 0 Å².